The smallest absolute Gasteiger partial charge is 0.315 e. The summed E-state index contributed by atoms with van der Waals surface area (Å²) in [7, 11) is 0. The maximum absolute atomic E-state index is 11.8. The lowest BCUT2D eigenvalue weighted by molar-refractivity contribution is -0.164. The second-order valence-corrected chi connectivity index (χ2v) is 4.54. The maximum Gasteiger partial charge on any atom is 0.315 e. The number of rotatable bonds is 10. The van der Waals surface area contributed by atoms with E-state index in [2.05, 4.69) is 6.92 Å². The highest BCUT2D eigenvalue weighted by Gasteiger charge is 2.41. The van der Waals surface area contributed by atoms with Gasteiger partial charge in [-0.05, 0) is 13.3 Å². The van der Waals surface area contributed by atoms with Crippen LogP contribution in [0.5, 0.6) is 0 Å². The van der Waals surface area contributed by atoms with Gasteiger partial charge in [-0.15, -0.1) is 0 Å². The van der Waals surface area contributed by atoms with Gasteiger partial charge in [-0.3, -0.25) is 9.59 Å². The molecule has 0 aromatic rings. The molecule has 5 nitrogen and oxygen atoms in total. The SMILES string of the molecule is CCCCCCC(CO)(CC(=O)O)C(=O)OCC. The fraction of sp³-hybridized carbons (Fsp3) is 0.846. The van der Waals surface area contributed by atoms with E-state index in [0.717, 1.165) is 25.7 Å². The zero-order chi connectivity index (χ0) is 14.0. The summed E-state index contributed by atoms with van der Waals surface area (Å²) in [6.07, 6.45) is 3.72. The van der Waals surface area contributed by atoms with Crippen LogP contribution in [0.25, 0.3) is 0 Å². The number of hydrogen-bond acceptors (Lipinski definition) is 4. The number of carbonyl (C=O) groups is 2. The van der Waals surface area contributed by atoms with E-state index in [9.17, 15) is 14.7 Å². The van der Waals surface area contributed by atoms with Gasteiger partial charge in [-0.2, -0.15) is 0 Å². The Bertz CT molecular complexity index is 264. The standard InChI is InChI=1S/C13H24O5/c1-3-5-6-7-8-13(10-14,9-11(15)16)12(17)18-4-2/h14H,3-10H2,1-2H3,(H,15,16). The Morgan fingerprint density at radius 2 is 1.83 bits per heavy atom. The fourth-order valence-corrected chi connectivity index (χ4v) is 1.93. The molecule has 0 heterocycles. The number of unbranched alkanes of at least 4 members (excludes halogenated alkanes) is 3. The number of aliphatic carboxylic acids is 1. The molecule has 0 radical (unpaired) electrons. The van der Waals surface area contributed by atoms with Crippen molar-refractivity contribution in [1.82, 2.24) is 0 Å². The first-order chi connectivity index (χ1) is 8.52. The van der Waals surface area contributed by atoms with Crippen LogP contribution < -0.4 is 0 Å². The first-order valence-corrected chi connectivity index (χ1v) is 6.52. The van der Waals surface area contributed by atoms with E-state index in [0.29, 0.717) is 6.42 Å². The summed E-state index contributed by atoms with van der Waals surface area (Å²) < 4.78 is 4.89. The molecule has 106 valence electrons. The topological polar surface area (TPSA) is 83.8 Å². The fourth-order valence-electron chi connectivity index (χ4n) is 1.93. The van der Waals surface area contributed by atoms with Crippen molar-refractivity contribution in [2.75, 3.05) is 13.2 Å². The van der Waals surface area contributed by atoms with Crippen molar-refractivity contribution >= 4 is 11.9 Å². The molecule has 0 spiro atoms. The van der Waals surface area contributed by atoms with Crippen molar-refractivity contribution in [2.45, 2.75) is 52.4 Å². The zero-order valence-electron chi connectivity index (χ0n) is 11.3. The van der Waals surface area contributed by atoms with Crippen LogP contribution in [0.15, 0.2) is 0 Å². The van der Waals surface area contributed by atoms with Gasteiger partial charge >= 0.3 is 11.9 Å². The van der Waals surface area contributed by atoms with E-state index in [1.807, 2.05) is 0 Å². The highest BCUT2D eigenvalue weighted by Crippen LogP contribution is 2.31. The maximum atomic E-state index is 11.8. The Hall–Kier alpha value is -1.10. The van der Waals surface area contributed by atoms with Crippen molar-refractivity contribution < 1.29 is 24.5 Å². The lowest BCUT2D eigenvalue weighted by Crippen LogP contribution is -2.38. The Kier molecular flexibility index (Phi) is 8.37. The van der Waals surface area contributed by atoms with Crippen molar-refractivity contribution in [3.8, 4) is 0 Å². The van der Waals surface area contributed by atoms with Crippen LogP contribution in [-0.2, 0) is 14.3 Å². The monoisotopic (exact) mass is 260 g/mol. The lowest BCUT2D eigenvalue weighted by atomic mass is 9.80. The predicted molar refractivity (Wildman–Crippen MR) is 67.2 cm³/mol. The van der Waals surface area contributed by atoms with Crippen LogP contribution in [-0.4, -0.2) is 35.4 Å². The summed E-state index contributed by atoms with van der Waals surface area (Å²) in [5, 5.41) is 18.3. The van der Waals surface area contributed by atoms with Gasteiger partial charge in [0, 0.05) is 0 Å². The van der Waals surface area contributed by atoms with Crippen molar-refractivity contribution in [1.29, 1.82) is 0 Å². The van der Waals surface area contributed by atoms with Crippen molar-refractivity contribution in [3.63, 3.8) is 0 Å². The average molecular weight is 260 g/mol. The summed E-state index contributed by atoms with van der Waals surface area (Å²) >= 11 is 0. The Labute approximate surface area is 108 Å². The Morgan fingerprint density at radius 1 is 1.17 bits per heavy atom. The molecule has 1 unspecified atom stereocenters. The molecule has 0 aliphatic heterocycles. The van der Waals surface area contributed by atoms with Crippen LogP contribution in [0.2, 0.25) is 0 Å². The summed E-state index contributed by atoms with van der Waals surface area (Å²) in [5.41, 5.74) is -1.28. The van der Waals surface area contributed by atoms with Crippen LogP contribution in [0.1, 0.15) is 52.4 Å². The average Bonchev–Trinajstić information content (AvgIpc) is 2.33. The van der Waals surface area contributed by atoms with E-state index >= 15 is 0 Å². The largest absolute Gasteiger partial charge is 0.481 e. The summed E-state index contributed by atoms with van der Waals surface area (Å²) in [5.74, 6) is -1.70. The lowest BCUT2D eigenvalue weighted by Gasteiger charge is -2.27. The minimum absolute atomic E-state index is 0.190. The molecule has 0 saturated carbocycles. The van der Waals surface area contributed by atoms with E-state index in [1.54, 1.807) is 6.92 Å². The zero-order valence-corrected chi connectivity index (χ0v) is 11.3. The number of carboxylic acids is 1. The quantitative estimate of drug-likeness (QED) is 0.463. The minimum atomic E-state index is -1.28. The van der Waals surface area contributed by atoms with Gasteiger partial charge in [0.2, 0.25) is 0 Å². The number of hydrogen-bond donors (Lipinski definition) is 2. The first kappa shape index (κ1) is 16.9. The highest BCUT2D eigenvalue weighted by atomic mass is 16.5. The van der Waals surface area contributed by atoms with Gasteiger partial charge in [0.25, 0.3) is 0 Å². The molecule has 0 aliphatic rings. The molecule has 1 atom stereocenters. The van der Waals surface area contributed by atoms with Gasteiger partial charge < -0.3 is 14.9 Å². The molecule has 2 N–H and O–H groups in total. The normalized spacial score (nSPS) is 13.9. The molecular weight excluding hydrogens is 236 g/mol. The third-order valence-corrected chi connectivity index (χ3v) is 3.01. The van der Waals surface area contributed by atoms with Gasteiger partial charge in [0.1, 0.15) is 5.41 Å². The second kappa shape index (κ2) is 8.91. The van der Waals surface area contributed by atoms with E-state index in [1.165, 1.54) is 0 Å². The molecule has 0 bridgehead atoms. The van der Waals surface area contributed by atoms with E-state index < -0.39 is 24.0 Å². The van der Waals surface area contributed by atoms with Crippen molar-refractivity contribution in [2.24, 2.45) is 5.41 Å². The van der Waals surface area contributed by atoms with Crippen LogP contribution >= 0.6 is 0 Å². The third-order valence-electron chi connectivity index (χ3n) is 3.01. The molecule has 0 aromatic heterocycles. The number of carboxylic acid groups (broad SMARTS) is 1. The molecule has 18 heavy (non-hydrogen) atoms. The molecule has 0 fully saturated rings. The van der Waals surface area contributed by atoms with Gasteiger partial charge in [-0.1, -0.05) is 32.6 Å². The highest BCUT2D eigenvalue weighted by molar-refractivity contribution is 5.83. The molecular formula is C13H24O5. The van der Waals surface area contributed by atoms with Gasteiger partial charge in [-0.25, -0.2) is 0 Å². The van der Waals surface area contributed by atoms with Crippen LogP contribution in [0, 0.1) is 5.41 Å². The molecule has 0 amide bonds. The molecule has 0 saturated heterocycles. The van der Waals surface area contributed by atoms with E-state index in [4.69, 9.17) is 9.84 Å². The van der Waals surface area contributed by atoms with Crippen molar-refractivity contribution in [3.05, 3.63) is 0 Å². The van der Waals surface area contributed by atoms with Gasteiger partial charge in [0.05, 0.1) is 19.6 Å². The van der Waals surface area contributed by atoms with Crippen LogP contribution in [0.4, 0.5) is 0 Å². The predicted octanol–water partition coefficient (Wildman–Crippen LogP) is 1.97. The molecule has 0 aromatic carbocycles. The second-order valence-electron chi connectivity index (χ2n) is 4.54. The third kappa shape index (κ3) is 5.49. The van der Waals surface area contributed by atoms with Crippen LogP contribution in [0.3, 0.4) is 0 Å². The number of aliphatic hydroxyl groups is 1. The number of aliphatic hydroxyl groups excluding tert-OH is 1. The molecule has 0 aliphatic carbocycles. The van der Waals surface area contributed by atoms with E-state index in [-0.39, 0.29) is 13.0 Å². The number of carbonyl (C=O) groups excluding carboxylic acids is 1. The number of esters is 1. The summed E-state index contributed by atoms with van der Waals surface area (Å²) in [6, 6.07) is 0. The summed E-state index contributed by atoms with van der Waals surface area (Å²) in [6.45, 7) is 3.44. The number of ether oxygens (including phenoxy) is 1. The Balaban J connectivity index is 4.64. The first-order valence-electron chi connectivity index (χ1n) is 6.52. The molecule has 5 heteroatoms. The van der Waals surface area contributed by atoms with Gasteiger partial charge in [0.15, 0.2) is 0 Å². The summed E-state index contributed by atoms with van der Waals surface area (Å²) in [4.78, 5) is 22.7. The Morgan fingerprint density at radius 3 is 2.28 bits per heavy atom. The molecule has 0 rings (SSSR count). The minimum Gasteiger partial charge on any atom is -0.481 e.